The second kappa shape index (κ2) is 12.2. The maximum absolute atomic E-state index is 11.9. The number of urea groups is 1. The van der Waals surface area contributed by atoms with Crippen LogP contribution in [0.2, 0.25) is 0 Å². The molecule has 2 amide bonds. The summed E-state index contributed by atoms with van der Waals surface area (Å²) in [6.45, 7) is 23.2. The number of allylic oxidation sites excluding steroid dienone is 2. The topological polar surface area (TPSA) is 32.3 Å². The Morgan fingerprint density at radius 2 is 1.22 bits per heavy atom. The van der Waals surface area contributed by atoms with Gasteiger partial charge in [-0.1, -0.05) is 62.3 Å². The van der Waals surface area contributed by atoms with Crippen molar-refractivity contribution >= 4 is 6.03 Å². The molecule has 0 aromatic carbocycles. The van der Waals surface area contributed by atoms with Crippen molar-refractivity contribution in [3.8, 4) is 0 Å². The molecule has 1 heterocycles. The molecule has 0 saturated carbocycles. The molecule has 1 aliphatic heterocycles. The first-order valence-corrected chi connectivity index (χ1v) is 9.08. The van der Waals surface area contributed by atoms with Crippen molar-refractivity contribution in [3.05, 3.63) is 23.5 Å². The maximum Gasteiger partial charge on any atom is 0.325 e. The molecule has 0 radical (unpaired) electrons. The van der Waals surface area contributed by atoms with Crippen molar-refractivity contribution < 1.29 is 4.79 Å². The van der Waals surface area contributed by atoms with E-state index in [1.54, 1.807) is 4.90 Å². The summed E-state index contributed by atoms with van der Waals surface area (Å²) in [5.74, 6) is 1.66. The minimum absolute atomic E-state index is 0.0474. The van der Waals surface area contributed by atoms with Gasteiger partial charge in [0.1, 0.15) is 0 Å². The number of hydrogen-bond acceptors (Lipinski definition) is 1. The van der Waals surface area contributed by atoms with Crippen molar-refractivity contribution in [3.63, 3.8) is 0 Å². The van der Waals surface area contributed by atoms with E-state index in [-0.39, 0.29) is 12.1 Å². The van der Waals surface area contributed by atoms with Crippen LogP contribution in [0.3, 0.4) is 0 Å². The Kier molecular flexibility index (Phi) is 12.7. The quantitative estimate of drug-likeness (QED) is 0.659. The van der Waals surface area contributed by atoms with Crippen LogP contribution >= 0.6 is 0 Å². The first kappa shape index (κ1) is 24.0. The smallest absolute Gasteiger partial charge is 0.314 e. The van der Waals surface area contributed by atoms with Crippen LogP contribution in [0.1, 0.15) is 76.2 Å². The third-order valence-corrected chi connectivity index (χ3v) is 3.00. The van der Waals surface area contributed by atoms with Crippen molar-refractivity contribution in [1.29, 1.82) is 0 Å². The second-order valence-corrected chi connectivity index (χ2v) is 7.18. The number of nitrogens with one attached hydrogen (secondary N) is 1. The summed E-state index contributed by atoms with van der Waals surface area (Å²) < 4.78 is 0. The number of carbonyl (C=O) groups excluding carboxylic acids is 1. The van der Waals surface area contributed by atoms with Gasteiger partial charge in [0.25, 0.3) is 0 Å². The highest BCUT2D eigenvalue weighted by Crippen LogP contribution is 2.28. The molecule has 0 atom stereocenters. The molecule has 1 N–H and O–H groups in total. The monoisotopic (exact) mass is 324 g/mol. The van der Waals surface area contributed by atoms with E-state index in [2.05, 4.69) is 53.8 Å². The zero-order valence-corrected chi connectivity index (χ0v) is 17.3. The predicted molar refractivity (Wildman–Crippen MR) is 103 cm³/mol. The Bertz CT molecular complexity index is 388. The van der Waals surface area contributed by atoms with E-state index < -0.39 is 0 Å². The van der Waals surface area contributed by atoms with Crippen LogP contribution in [-0.2, 0) is 0 Å². The average molecular weight is 325 g/mol. The highest BCUT2D eigenvalue weighted by atomic mass is 16.2. The van der Waals surface area contributed by atoms with Crippen LogP contribution in [0.25, 0.3) is 0 Å². The first-order chi connectivity index (χ1) is 10.6. The van der Waals surface area contributed by atoms with E-state index in [4.69, 9.17) is 0 Å². The summed E-state index contributed by atoms with van der Waals surface area (Å²) in [6.07, 6.45) is 3.87. The van der Waals surface area contributed by atoms with Crippen LogP contribution in [-0.4, -0.2) is 17.0 Å². The van der Waals surface area contributed by atoms with Crippen molar-refractivity contribution in [2.75, 3.05) is 0 Å². The van der Waals surface area contributed by atoms with Gasteiger partial charge >= 0.3 is 6.03 Å². The number of rotatable bonds is 3. The summed E-state index contributed by atoms with van der Waals surface area (Å²) >= 11 is 0. The van der Waals surface area contributed by atoms with Gasteiger partial charge in [0.15, 0.2) is 0 Å². The molecule has 1 rings (SSSR count). The predicted octanol–water partition coefficient (Wildman–Crippen LogP) is 6.19. The van der Waals surface area contributed by atoms with Crippen LogP contribution < -0.4 is 5.32 Å². The van der Waals surface area contributed by atoms with E-state index in [0.29, 0.717) is 11.8 Å². The molecular formula is C20H40N2O. The summed E-state index contributed by atoms with van der Waals surface area (Å²) in [5, 5.41) is 2.87. The molecule has 0 saturated heterocycles. The lowest BCUT2D eigenvalue weighted by Gasteiger charge is -2.23. The molecule has 0 spiro atoms. The lowest BCUT2D eigenvalue weighted by Crippen LogP contribution is -2.37. The molecule has 0 aliphatic carbocycles. The third-order valence-electron chi connectivity index (χ3n) is 3.00. The SMILES string of the molecule is CC.CC(C)C.CC(C)C1=CNC(=O)N(C(C)C)C=C1C(C)C. The fourth-order valence-electron chi connectivity index (χ4n) is 1.95. The van der Waals surface area contributed by atoms with Crippen LogP contribution in [0.4, 0.5) is 4.79 Å². The van der Waals surface area contributed by atoms with Crippen LogP contribution in [0.5, 0.6) is 0 Å². The second-order valence-electron chi connectivity index (χ2n) is 7.18. The fourth-order valence-corrected chi connectivity index (χ4v) is 1.95. The lowest BCUT2D eigenvalue weighted by molar-refractivity contribution is 0.210. The van der Waals surface area contributed by atoms with E-state index in [9.17, 15) is 4.79 Å². The first-order valence-electron chi connectivity index (χ1n) is 9.08. The van der Waals surface area contributed by atoms with Crippen molar-refractivity contribution in [2.45, 2.75) is 82.2 Å². The van der Waals surface area contributed by atoms with Gasteiger partial charge < -0.3 is 5.32 Å². The fraction of sp³-hybridized carbons (Fsp3) is 0.750. The Hall–Kier alpha value is -1.25. The number of nitrogens with zero attached hydrogens (tertiary/aromatic N) is 1. The molecule has 0 unspecified atom stereocenters. The molecule has 136 valence electrons. The van der Waals surface area contributed by atoms with Gasteiger partial charge in [-0.3, -0.25) is 4.90 Å². The van der Waals surface area contributed by atoms with Gasteiger partial charge in [0.05, 0.1) is 0 Å². The zero-order chi connectivity index (χ0) is 18.7. The van der Waals surface area contributed by atoms with E-state index >= 15 is 0 Å². The zero-order valence-electron chi connectivity index (χ0n) is 17.3. The average Bonchev–Trinajstić information content (AvgIpc) is 2.59. The van der Waals surface area contributed by atoms with E-state index in [0.717, 1.165) is 5.92 Å². The minimum Gasteiger partial charge on any atom is -0.314 e. The highest BCUT2D eigenvalue weighted by molar-refractivity contribution is 5.78. The van der Waals surface area contributed by atoms with Gasteiger partial charge in [-0.25, -0.2) is 4.79 Å². The standard InChI is InChI=1S/C14H24N2O.C4H10.C2H6/c1-9(2)12-7-15-14(17)16(11(5)6)8-13(12)10(3)4;1-4(2)3;1-2/h7-11H,1-6H3,(H,15,17);4H,1-3H3;1-2H3. The summed E-state index contributed by atoms with van der Waals surface area (Å²) in [7, 11) is 0. The number of carbonyl (C=O) groups is 1. The van der Waals surface area contributed by atoms with Gasteiger partial charge in [0, 0.05) is 18.4 Å². The molecule has 3 nitrogen and oxygen atoms in total. The normalized spacial score (nSPS) is 14.6. The van der Waals surface area contributed by atoms with Gasteiger partial charge in [0.2, 0.25) is 0 Å². The Morgan fingerprint density at radius 1 is 0.826 bits per heavy atom. The molecule has 0 fully saturated rings. The van der Waals surface area contributed by atoms with Crippen molar-refractivity contribution in [2.24, 2.45) is 17.8 Å². The summed E-state index contributed by atoms with van der Waals surface area (Å²) in [4.78, 5) is 13.7. The minimum atomic E-state index is -0.0474. The number of hydrogen-bond donors (Lipinski definition) is 1. The molecule has 3 heteroatoms. The summed E-state index contributed by atoms with van der Waals surface area (Å²) in [6, 6.07) is 0.123. The summed E-state index contributed by atoms with van der Waals surface area (Å²) in [5.41, 5.74) is 2.46. The third kappa shape index (κ3) is 9.47. The highest BCUT2D eigenvalue weighted by Gasteiger charge is 2.22. The molecule has 23 heavy (non-hydrogen) atoms. The Labute approximate surface area is 145 Å². The maximum atomic E-state index is 11.9. The van der Waals surface area contributed by atoms with Gasteiger partial charge in [-0.2, -0.15) is 0 Å². The molecule has 0 aromatic rings. The van der Waals surface area contributed by atoms with Gasteiger partial charge in [-0.05, 0) is 42.7 Å². The molecule has 0 aromatic heterocycles. The lowest BCUT2D eigenvalue weighted by atomic mass is 9.89. The molecule has 0 bridgehead atoms. The van der Waals surface area contributed by atoms with E-state index in [1.165, 1.54) is 11.1 Å². The Balaban J connectivity index is 0. The molecule has 1 aliphatic rings. The van der Waals surface area contributed by atoms with E-state index in [1.807, 2.05) is 40.1 Å². The van der Waals surface area contributed by atoms with Gasteiger partial charge in [-0.15, -0.1) is 0 Å². The Morgan fingerprint density at radius 3 is 1.52 bits per heavy atom. The number of amides is 2. The van der Waals surface area contributed by atoms with Crippen LogP contribution in [0.15, 0.2) is 23.5 Å². The largest absolute Gasteiger partial charge is 0.325 e. The van der Waals surface area contributed by atoms with Crippen molar-refractivity contribution in [1.82, 2.24) is 10.2 Å². The van der Waals surface area contributed by atoms with Crippen LogP contribution in [0, 0.1) is 17.8 Å². The molecular weight excluding hydrogens is 284 g/mol.